The molecule has 0 unspecified atom stereocenters. The van der Waals surface area contributed by atoms with Crippen molar-refractivity contribution in [1.82, 2.24) is 4.98 Å². The van der Waals surface area contributed by atoms with E-state index in [-0.39, 0.29) is 5.69 Å². The molecule has 0 spiro atoms. The number of benzene rings is 1. The van der Waals surface area contributed by atoms with Gasteiger partial charge in [0, 0.05) is 0 Å². The van der Waals surface area contributed by atoms with Crippen LogP contribution < -0.4 is 0 Å². The molecule has 6 heteroatoms. The van der Waals surface area contributed by atoms with Gasteiger partial charge in [0.25, 0.3) is 0 Å². The first-order chi connectivity index (χ1) is 8.50. The minimum atomic E-state index is -1.61. The summed E-state index contributed by atoms with van der Waals surface area (Å²) in [4.78, 5) is 14.1. The number of carbonyl (C=O) groups is 1. The van der Waals surface area contributed by atoms with Gasteiger partial charge in [-0.05, 0) is 24.3 Å². The van der Waals surface area contributed by atoms with Crippen LogP contribution in [0.5, 0.6) is 0 Å². The summed E-state index contributed by atoms with van der Waals surface area (Å²) >= 11 is 0. The Kier molecular flexibility index (Phi) is 3.01. The van der Waals surface area contributed by atoms with Gasteiger partial charge >= 0.3 is 5.97 Å². The SMILES string of the molecule is O=C(O)c1nc(-c2c(F)cccc2F)ccc1F. The fraction of sp³-hybridized carbons (Fsp3) is 0. The van der Waals surface area contributed by atoms with E-state index < -0.39 is 34.7 Å². The molecule has 1 heterocycles. The van der Waals surface area contributed by atoms with E-state index in [4.69, 9.17) is 5.11 Å². The second-order valence-corrected chi connectivity index (χ2v) is 3.43. The summed E-state index contributed by atoms with van der Waals surface area (Å²) in [5, 5.41) is 8.69. The van der Waals surface area contributed by atoms with E-state index in [9.17, 15) is 18.0 Å². The molecule has 2 rings (SSSR count). The lowest BCUT2D eigenvalue weighted by Crippen LogP contribution is -2.05. The van der Waals surface area contributed by atoms with Gasteiger partial charge in [-0.3, -0.25) is 0 Å². The molecule has 3 nitrogen and oxygen atoms in total. The number of pyridine rings is 1. The lowest BCUT2D eigenvalue weighted by atomic mass is 10.1. The smallest absolute Gasteiger partial charge is 0.357 e. The van der Waals surface area contributed by atoms with Crippen molar-refractivity contribution in [2.75, 3.05) is 0 Å². The second kappa shape index (κ2) is 4.48. The highest BCUT2D eigenvalue weighted by atomic mass is 19.1. The Morgan fingerprint density at radius 3 is 2.17 bits per heavy atom. The summed E-state index contributed by atoms with van der Waals surface area (Å²) in [7, 11) is 0. The number of nitrogens with zero attached hydrogens (tertiary/aromatic N) is 1. The Balaban J connectivity index is 2.65. The number of aromatic nitrogens is 1. The molecule has 0 aliphatic rings. The van der Waals surface area contributed by atoms with E-state index in [0.29, 0.717) is 0 Å². The van der Waals surface area contributed by atoms with Gasteiger partial charge in [-0.15, -0.1) is 0 Å². The van der Waals surface area contributed by atoms with Crippen LogP contribution >= 0.6 is 0 Å². The van der Waals surface area contributed by atoms with Crippen LogP contribution in [-0.2, 0) is 0 Å². The first-order valence-corrected chi connectivity index (χ1v) is 4.85. The molecule has 0 aliphatic carbocycles. The summed E-state index contributed by atoms with van der Waals surface area (Å²) < 4.78 is 40.0. The number of hydrogen-bond acceptors (Lipinski definition) is 2. The van der Waals surface area contributed by atoms with Crippen molar-refractivity contribution in [1.29, 1.82) is 0 Å². The predicted octanol–water partition coefficient (Wildman–Crippen LogP) is 2.86. The fourth-order valence-corrected chi connectivity index (χ4v) is 1.47. The number of carboxylic acids is 1. The summed E-state index contributed by atoms with van der Waals surface area (Å²) in [6, 6.07) is 4.99. The molecule has 1 N–H and O–H groups in total. The van der Waals surface area contributed by atoms with Crippen LogP contribution in [0.3, 0.4) is 0 Å². The molecule has 18 heavy (non-hydrogen) atoms. The van der Waals surface area contributed by atoms with Crippen molar-refractivity contribution in [3.05, 3.63) is 53.5 Å². The molecule has 0 fully saturated rings. The molecular formula is C12H6F3NO2. The van der Waals surface area contributed by atoms with Crippen molar-refractivity contribution < 1.29 is 23.1 Å². The molecule has 1 aromatic carbocycles. The van der Waals surface area contributed by atoms with Crippen molar-refractivity contribution in [3.8, 4) is 11.3 Å². The van der Waals surface area contributed by atoms with Crippen LogP contribution in [0.25, 0.3) is 11.3 Å². The van der Waals surface area contributed by atoms with Crippen LogP contribution in [0.4, 0.5) is 13.2 Å². The number of halogens is 3. The van der Waals surface area contributed by atoms with Crippen LogP contribution in [0.15, 0.2) is 30.3 Å². The highest BCUT2D eigenvalue weighted by molar-refractivity contribution is 5.86. The van der Waals surface area contributed by atoms with Gasteiger partial charge in [0.2, 0.25) is 0 Å². The molecular weight excluding hydrogens is 247 g/mol. The van der Waals surface area contributed by atoms with Crippen molar-refractivity contribution in [2.45, 2.75) is 0 Å². The van der Waals surface area contributed by atoms with Crippen LogP contribution in [0.2, 0.25) is 0 Å². The summed E-state index contributed by atoms with van der Waals surface area (Å²) in [5.41, 5.74) is -1.64. The lowest BCUT2D eigenvalue weighted by Gasteiger charge is -2.05. The largest absolute Gasteiger partial charge is 0.476 e. The van der Waals surface area contributed by atoms with Gasteiger partial charge in [-0.25, -0.2) is 22.9 Å². The van der Waals surface area contributed by atoms with E-state index in [1.54, 1.807) is 0 Å². The fourth-order valence-electron chi connectivity index (χ4n) is 1.47. The Bertz CT molecular complexity index is 608. The molecule has 0 saturated heterocycles. The number of hydrogen-bond donors (Lipinski definition) is 1. The zero-order valence-electron chi connectivity index (χ0n) is 8.82. The maximum Gasteiger partial charge on any atom is 0.357 e. The predicted molar refractivity (Wildman–Crippen MR) is 56.5 cm³/mol. The van der Waals surface area contributed by atoms with E-state index in [1.165, 1.54) is 0 Å². The molecule has 0 saturated carbocycles. The van der Waals surface area contributed by atoms with Gasteiger partial charge in [-0.2, -0.15) is 0 Å². The highest BCUT2D eigenvalue weighted by Gasteiger charge is 2.17. The van der Waals surface area contributed by atoms with Crippen LogP contribution in [0, 0.1) is 17.5 Å². The maximum atomic E-state index is 13.4. The Labute approximate surface area is 99.5 Å². The van der Waals surface area contributed by atoms with Gasteiger partial charge in [-0.1, -0.05) is 6.07 Å². The molecule has 92 valence electrons. The molecule has 0 bridgehead atoms. The minimum absolute atomic E-state index is 0.274. The van der Waals surface area contributed by atoms with Crippen molar-refractivity contribution in [2.24, 2.45) is 0 Å². The molecule has 2 aromatic rings. The molecule has 0 atom stereocenters. The van der Waals surface area contributed by atoms with Crippen molar-refractivity contribution >= 4 is 5.97 Å². The zero-order chi connectivity index (χ0) is 13.3. The van der Waals surface area contributed by atoms with Crippen molar-refractivity contribution in [3.63, 3.8) is 0 Å². The quantitative estimate of drug-likeness (QED) is 0.895. The van der Waals surface area contributed by atoms with Crippen LogP contribution in [-0.4, -0.2) is 16.1 Å². The van der Waals surface area contributed by atoms with Gasteiger partial charge in [0.1, 0.15) is 11.6 Å². The summed E-state index contributed by atoms with van der Waals surface area (Å²) in [6.45, 7) is 0. The van der Waals surface area contributed by atoms with Crippen LogP contribution in [0.1, 0.15) is 10.5 Å². The summed E-state index contributed by atoms with van der Waals surface area (Å²) in [6.07, 6.45) is 0. The van der Waals surface area contributed by atoms with E-state index >= 15 is 0 Å². The highest BCUT2D eigenvalue weighted by Crippen LogP contribution is 2.25. The number of carboxylic acid groups (broad SMARTS) is 1. The Morgan fingerprint density at radius 1 is 1.00 bits per heavy atom. The Morgan fingerprint density at radius 2 is 1.61 bits per heavy atom. The third-order valence-electron chi connectivity index (χ3n) is 2.27. The molecule has 0 radical (unpaired) electrons. The second-order valence-electron chi connectivity index (χ2n) is 3.43. The molecule has 1 aromatic heterocycles. The zero-order valence-corrected chi connectivity index (χ0v) is 8.82. The summed E-state index contributed by atoms with van der Waals surface area (Å²) in [5.74, 6) is -4.47. The minimum Gasteiger partial charge on any atom is -0.476 e. The third-order valence-corrected chi connectivity index (χ3v) is 2.27. The third kappa shape index (κ3) is 2.04. The first-order valence-electron chi connectivity index (χ1n) is 4.85. The normalized spacial score (nSPS) is 10.4. The van der Waals surface area contributed by atoms with Gasteiger partial charge in [0.05, 0.1) is 11.3 Å². The molecule has 0 aliphatic heterocycles. The monoisotopic (exact) mass is 253 g/mol. The van der Waals surface area contributed by atoms with E-state index in [2.05, 4.69) is 4.98 Å². The topological polar surface area (TPSA) is 50.2 Å². The first kappa shape index (κ1) is 12.1. The van der Waals surface area contributed by atoms with E-state index in [1.807, 2.05) is 0 Å². The average molecular weight is 253 g/mol. The Hall–Kier alpha value is -2.37. The number of aromatic carboxylic acids is 1. The standard InChI is InChI=1S/C12H6F3NO2/c13-6-2-1-3-7(14)10(6)9-5-4-8(15)11(16-9)12(17)18/h1-5H,(H,17,18). The lowest BCUT2D eigenvalue weighted by molar-refractivity contribution is 0.0685. The van der Waals surface area contributed by atoms with Gasteiger partial charge in [0.15, 0.2) is 11.5 Å². The van der Waals surface area contributed by atoms with Gasteiger partial charge < -0.3 is 5.11 Å². The van der Waals surface area contributed by atoms with E-state index in [0.717, 1.165) is 30.3 Å². The number of rotatable bonds is 2. The maximum absolute atomic E-state index is 13.4. The average Bonchev–Trinajstić information content (AvgIpc) is 2.30. The molecule has 0 amide bonds.